The number of hydrogen-bond acceptors (Lipinski definition) is 3. The molecule has 3 heteroatoms. The lowest BCUT2D eigenvalue weighted by atomic mass is 9.78. The van der Waals surface area contributed by atoms with E-state index in [4.69, 9.17) is 0 Å². The zero-order valence-corrected chi connectivity index (χ0v) is 14.4. The van der Waals surface area contributed by atoms with Crippen molar-refractivity contribution in [2.24, 2.45) is 5.92 Å². The fourth-order valence-corrected chi connectivity index (χ4v) is 5.26. The van der Waals surface area contributed by atoms with Crippen LogP contribution in [0.5, 0.6) is 0 Å². The Bertz CT molecular complexity index is 318. The SMILES string of the molecule is CCCNC1CC2CCCC(C1)N2C1CCN(C)CC1C. The molecule has 122 valence electrons. The summed E-state index contributed by atoms with van der Waals surface area (Å²) in [6, 6.07) is 3.37. The van der Waals surface area contributed by atoms with Crippen molar-refractivity contribution in [3.05, 3.63) is 0 Å². The average molecular weight is 293 g/mol. The molecule has 3 rings (SSSR count). The maximum Gasteiger partial charge on any atom is 0.0151 e. The lowest BCUT2D eigenvalue weighted by Crippen LogP contribution is -2.62. The summed E-state index contributed by atoms with van der Waals surface area (Å²) < 4.78 is 0. The molecule has 3 aliphatic heterocycles. The number of piperidine rings is 3. The average Bonchev–Trinajstić information content (AvgIpc) is 2.44. The summed E-state index contributed by atoms with van der Waals surface area (Å²) in [5, 5.41) is 3.81. The van der Waals surface area contributed by atoms with Gasteiger partial charge in [-0.25, -0.2) is 0 Å². The number of hydrogen-bond donors (Lipinski definition) is 1. The third-order valence-corrected chi connectivity index (χ3v) is 6.16. The standard InChI is InChI=1S/C18H35N3/c1-4-9-19-15-11-16-6-5-7-17(12-15)21(16)18-8-10-20(3)13-14(18)2/h14-19H,4-13H2,1-3H3. The topological polar surface area (TPSA) is 18.5 Å². The Morgan fingerprint density at radius 2 is 1.81 bits per heavy atom. The zero-order chi connectivity index (χ0) is 14.8. The molecule has 0 aromatic carbocycles. The second kappa shape index (κ2) is 6.97. The molecule has 3 nitrogen and oxygen atoms in total. The van der Waals surface area contributed by atoms with Crippen LogP contribution in [0.4, 0.5) is 0 Å². The first-order valence-corrected chi connectivity index (χ1v) is 9.38. The minimum Gasteiger partial charge on any atom is -0.314 e. The molecule has 4 atom stereocenters. The van der Waals surface area contributed by atoms with Crippen LogP contribution in [-0.2, 0) is 0 Å². The van der Waals surface area contributed by atoms with Gasteiger partial charge in [0, 0.05) is 30.7 Å². The normalized spacial score (nSPS) is 42.1. The van der Waals surface area contributed by atoms with Gasteiger partial charge >= 0.3 is 0 Å². The van der Waals surface area contributed by atoms with E-state index >= 15 is 0 Å². The molecule has 0 aromatic heterocycles. The van der Waals surface area contributed by atoms with E-state index in [1.807, 2.05) is 0 Å². The number of fused-ring (bicyclic) bond motifs is 2. The fraction of sp³-hybridized carbons (Fsp3) is 1.00. The monoisotopic (exact) mass is 293 g/mol. The van der Waals surface area contributed by atoms with E-state index in [0.29, 0.717) is 0 Å². The van der Waals surface area contributed by atoms with Crippen molar-refractivity contribution >= 4 is 0 Å². The van der Waals surface area contributed by atoms with Crippen LogP contribution in [0.2, 0.25) is 0 Å². The Morgan fingerprint density at radius 3 is 2.43 bits per heavy atom. The first-order valence-electron chi connectivity index (χ1n) is 9.38. The van der Waals surface area contributed by atoms with Gasteiger partial charge in [-0.15, -0.1) is 0 Å². The molecule has 3 heterocycles. The van der Waals surface area contributed by atoms with Crippen LogP contribution >= 0.6 is 0 Å². The Morgan fingerprint density at radius 1 is 1.10 bits per heavy atom. The molecule has 21 heavy (non-hydrogen) atoms. The van der Waals surface area contributed by atoms with Crippen molar-refractivity contribution in [3.63, 3.8) is 0 Å². The molecule has 3 aliphatic rings. The highest BCUT2D eigenvalue weighted by atomic mass is 15.3. The van der Waals surface area contributed by atoms with Gasteiger partial charge < -0.3 is 10.2 Å². The summed E-state index contributed by atoms with van der Waals surface area (Å²) >= 11 is 0. The summed E-state index contributed by atoms with van der Waals surface area (Å²) in [7, 11) is 2.29. The van der Waals surface area contributed by atoms with Gasteiger partial charge in [0.2, 0.25) is 0 Å². The van der Waals surface area contributed by atoms with Crippen molar-refractivity contribution in [1.82, 2.24) is 15.1 Å². The van der Waals surface area contributed by atoms with E-state index < -0.39 is 0 Å². The smallest absolute Gasteiger partial charge is 0.0151 e. The summed E-state index contributed by atoms with van der Waals surface area (Å²) in [5.41, 5.74) is 0. The van der Waals surface area contributed by atoms with Gasteiger partial charge in [0.1, 0.15) is 0 Å². The highest BCUT2D eigenvalue weighted by molar-refractivity contribution is 4.99. The predicted octanol–water partition coefficient (Wildman–Crippen LogP) is 2.71. The van der Waals surface area contributed by atoms with E-state index in [2.05, 4.69) is 36.0 Å². The molecule has 1 N–H and O–H groups in total. The van der Waals surface area contributed by atoms with Crippen LogP contribution in [0.3, 0.4) is 0 Å². The maximum atomic E-state index is 3.81. The van der Waals surface area contributed by atoms with Crippen molar-refractivity contribution in [2.75, 3.05) is 26.7 Å². The third kappa shape index (κ3) is 3.46. The van der Waals surface area contributed by atoms with Crippen LogP contribution in [0, 0.1) is 5.92 Å². The molecule has 0 aliphatic carbocycles. The van der Waals surface area contributed by atoms with Crippen LogP contribution in [0.1, 0.15) is 58.8 Å². The largest absolute Gasteiger partial charge is 0.314 e. The molecule has 3 saturated heterocycles. The highest BCUT2D eigenvalue weighted by Gasteiger charge is 2.43. The molecule has 0 saturated carbocycles. The van der Waals surface area contributed by atoms with Crippen molar-refractivity contribution in [1.29, 1.82) is 0 Å². The van der Waals surface area contributed by atoms with Crippen molar-refractivity contribution < 1.29 is 0 Å². The number of nitrogens with one attached hydrogen (secondary N) is 1. The minimum absolute atomic E-state index is 0.790. The summed E-state index contributed by atoms with van der Waals surface area (Å²) in [5.74, 6) is 0.840. The Balaban J connectivity index is 1.66. The maximum absolute atomic E-state index is 3.81. The molecule has 0 amide bonds. The van der Waals surface area contributed by atoms with Gasteiger partial charge in [-0.1, -0.05) is 20.3 Å². The lowest BCUT2D eigenvalue weighted by Gasteiger charge is -2.55. The van der Waals surface area contributed by atoms with E-state index in [1.54, 1.807) is 0 Å². The van der Waals surface area contributed by atoms with E-state index in [0.717, 1.165) is 30.1 Å². The summed E-state index contributed by atoms with van der Waals surface area (Å²) in [4.78, 5) is 5.51. The summed E-state index contributed by atoms with van der Waals surface area (Å²) in [6.07, 6.45) is 9.80. The van der Waals surface area contributed by atoms with Crippen LogP contribution < -0.4 is 5.32 Å². The minimum atomic E-state index is 0.790. The highest BCUT2D eigenvalue weighted by Crippen LogP contribution is 2.39. The van der Waals surface area contributed by atoms with Crippen molar-refractivity contribution in [3.8, 4) is 0 Å². The number of likely N-dealkylation sites (tertiary alicyclic amines) is 1. The fourth-order valence-electron chi connectivity index (χ4n) is 5.26. The lowest BCUT2D eigenvalue weighted by molar-refractivity contribution is -0.0476. The van der Waals surface area contributed by atoms with Gasteiger partial charge in [-0.2, -0.15) is 0 Å². The molecule has 2 bridgehead atoms. The van der Waals surface area contributed by atoms with Crippen LogP contribution in [0.15, 0.2) is 0 Å². The molecular weight excluding hydrogens is 258 g/mol. The molecule has 4 unspecified atom stereocenters. The molecular formula is C18H35N3. The van der Waals surface area contributed by atoms with Crippen molar-refractivity contribution in [2.45, 2.75) is 83.0 Å². The first-order chi connectivity index (χ1) is 10.2. The Kier molecular flexibility index (Phi) is 5.23. The molecule has 0 spiro atoms. The Hall–Kier alpha value is -0.120. The van der Waals surface area contributed by atoms with Crippen LogP contribution in [0.25, 0.3) is 0 Å². The van der Waals surface area contributed by atoms with Gasteiger partial charge in [0.25, 0.3) is 0 Å². The molecule has 0 aromatic rings. The van der Waals surface area contributed by atoms with E-state index in [1.165, 1.54) is 64.6 Å². The number of nitrogens with zero attached hydrogens (tertiary/aromatic N) is 2. The first kappa shape index (κ1) is 15.8. The summed E-state index contributed by atoms with van der Waals surface area (Å²) in [6.45, 7) is 8.55. The van der Waals surface area contributed by atoms with Gasteiger partial charge in [0.05, 0.1) is 0 Å². The molecule has 0 radical (unpaired) electrons. The van der Waals surface area contributed by atoms with E-state index in [9.17, 15) is 0 Å². The van der Waals surface area contributed by atoms with E-state index in [-0.39, 0.29) is 0 Å². The molecule has 3 fully saturated rings. The predicted molar refractivity (Wildman–Crippen MR) is 89.6 cm³/mol. The van der Waals surface area contributed by atoms with Gasteiger partial charge in [-0.05, 0) is 64.6 Å². The van der Waals surface area contributed by atoms with Gasteiger partial charge in [0.15, 0.2) is 0 Å². The third-order valence-electron chi connectivity index (χ3n) is 6.16. The Labute approximate surface area is 131 Å². The van der Waals surface area contributed by atoms with Gasteiger partial charge in [-0.3, -0.25) is 4.90 Å². The number of rotatable bonds is 4. The second-order valence-corrected chi connectivity index (χ2v) is 7.90. The zero-order valence-electron chi connectivity index (χ0n) is 14.4. The second-order valence-electron chi connectivity index (χ2n) is 7.90. The van der Waals surface area contributed by atoms with Crippen LogP contribution in [-0.4, -0.2) is 60.6 Å². The quantitative estimate of drug-likeness (QED) is 0.860.